The number of methoxy groups -OCH3 is 1. The highest BCUT2D eigenvalue weighted by molar-refractivity contribution is 5.91. The minimum Gasteiger partial charge on any atom is -0.493 e. The van der Waals surface area contributed by atoms with E-state index in [2.05, 4.69) is 11.1 Å². The van der Waals surface area contributed by atoms with Crippen molar-refractivity contribution in [2.45, 2.75) is 0 Å². The molecule has 4 rings (SSSR count). The van der Waals surface area contributed by atoms with Gasteiger partial charge in [-0.3, -0.25) is 0 Å². The number of hydrogen-bond acceptors (Lipinski definition) is 5. The van der Waals surface area contributed by atoms with Crippen molar-refractivity contribution >= 4 is 22.7 Å². The Kier molecular flexibility index (Phi) is 3.98. The molecule has 6 nitrogen and oxygen atoms in total. The van der Waals surface area contributed by atoms with Crippen molar-refractivity contribution in [1.29, 1.82) is 5.26 Å². The van der Waals surface area contributed by atoms with Crippen molar-refractivity contribution in [3.63, 3.8) is 0 Å². The molecule has 0 fully saturated rings. The maximum Gasteiger partial charge on any atom is 0.203 e. The lowest BCUT2D eigenvalue weighted by atomic mass is 10.1. The van der Waals surface area contributed by atoms with Crippen LogP contribution in [-0.2, 0) is 7.05 Å². The molecule has 2 heterocycles. The first kappa shape index (κ1) is 16.0. The molecule has 0 radical (unpaired) electrons. The number of aromatic nitrogens is 2. The summed E-state index contributed by atoms with van der Waals surface area (Å²) in [6.07, 6.45) is 1.78. The molecule has 0 spiro atoms. The summed E-state index contributed by atoms with van der Waals surface area (Å²) in [5.41, 5.74) is 3.08. The van der Waals surface area contributed by atoms with Crippen LogP contribution in [0.25, 0.3) is 22.7 Å². The average molecular weight is 347 g/mol. The molecule has 0 N–H and O–H groups in total. The van der Waals surface area contributed by atoms with Crippen molar-refractivity contribution in [1.82, 2.24) is 9.55 Å². The zero-order chi connectivity index (χ0) is 18.1. The first-order valence-corrected chi connectivity index (χ1v) is 8.22. The van der Waals surface area contributed by atoms with E-state index in [9.17, 15) is 5.26 Å². The second-order valence-corrected chi connectivity index (χ2v) is 5.90. The fourth-order valence-corrected chi connectivity index (χ4v) is 3.08. The highest BCUT2D eigenvalue weighted by Crippen LogP contribution is 2.41. The van der Waals surface area contributed by atoms with Crippen LogP contribution in [0.1, 0.15) is 11.4 Å². The Bertz CT molecular complexity index is 1040. The molecule has 1 aromatic heterocycles. The average Bonchev–Trinajstić information content (AvgIpc) is 3.02. The Morgan fingerprint density at radius 3 is 2.85 bits per heavy atom. The number of imidazole rings is 1. The molecule has 6 heteroatoms. The smallest absolute Gasteiger partial charge is 0.203 e. The number of nitriles is 1. The number of ether oxygens (including phenoxy) is 3. The molecule has 2 aromatic carbocycles. The minimum absolute atomic E-state index is 0.461. The standard InChI is InChI=1S/C20H17N3O3/c1-23-16-6-4-3-5-15(16)22-20(23)14(12-21)9-13-10-17(24-2)19-18(11-13)25-7-8-26-19/h3-6,9-11H,7-8H2,1-2H3/b14-9-. The van der Waals surface area contributed by atoms with E-state index < -0.39 is 0 Å². The van der Waals surface area contributed by atoms with Gasteiger partial charge in [0.05, 0.1) is 23.7 Å². The first-order chi connectivity index (χ1) is 12.7. The molecule has 0 amide bonds. The van der Waals surface area contributed by atoms with Crippen LogP contribution in [0, 0.1) is 11.3 Å². The molecule has 26 heavy (non-hydrogen) atoms. The van der Waals surface area contributed by atoms with Gasteiger partial charge in [-0.05, 0) is 35.9 Å². The Hall–Kier alpha value is -3.46. The van der Waals surface area contributed by atoms with Crippen LogP contribution in [0.4, 0.5) is 0 Å². The normalized spacial score (nSPS) is 13.5. The zero-order valence-corrected chi connectivity index (χ0v) is 14.5. The Labute approximate surface area is 150 Å². The van der Waals surface area contributed by atoms with Crippen LogP contribution in [0.3, 0.4) is 0 Å². The largest absolute Gasteiger partial charge is 0.493 e. The van der Waals surface area contributed by atoms with Gasteiger partial charge in [-0.1, -0.05) is 12.1 Å². The van der Waals surface area contributed by atoms with Gasteiger partial charge in [0.1, 0.15) is 19.3 Å². The molecule has 130 valence electrons. The van der Waals surface area contributed by atoms with E-state index in [-0.39, 0.29) is 0 Å². The van der Waals surface area contributed by atoms with Crippen molar-refractivity contribution in [3.8, 4) is 23.3 Å². The number of nitrogens with zero attached hydrogens (tertiary/aromatic N) is 3. The molecule has 3 aromatic rings. The highest BCUT2D eigenvalue weighted by Gasteiger charge is 2.19. The van der Waals surface area contributed by atoms with Crippen molar-refractivity contribution in [2.75, 3.05) is 20.3 Å². The lowest BCUT2D eigenvalue weighted by Gasteiger charge is -2.21. The number of aryl methyl sites for hydroxylation is 1. The van der Waals surface area contributed by atoms with E-state index in [0.29, 0.717) is 41.9 Å². The minimum atomic E-state index is 0.461. The van der Waals surface area contributed by atoms with E-state index in [1.807, 2.05) is 48.0 Å². The number of benzene rings is 2. The van der Waals surface area contributed by atoms with Crippen molar-refractivity contribution in [2.24, 2.45) is 7.05 Å². The lowest BCUT2D eigenvalue weighted by molar-refractivity contribution is 0.165. The summed E-state index contributed by atoms with van der Waals surface area (Å²) in [7, 11) is 3.48. The third-order valence-corrected chi connectivity index (χ3v) is 4.31. The van der Waals surface area contributed by atoms with Gasteiger partial charge >= 0.3 is 0 Å². The Morgan fingerprint density at radius 1 is 1.27 bits per heavy atom. The van der Waals surface area contributed by atoms with E-state index in [1.165, 1.54) is 0 Å². The van der Waals surface area contributed by atoms with Crippen molar-refractivity contribution in [3.05, 3.63) is 47.8 Å². The van der Waals surface area contributed by atoms with E-state index >= 15 is 0 Å². The maximum absolute atomic E-state index is 9.70. The summed E-state index contributed by atoms with van der Waals surface area (Å²) in [5.74, 6) is 2.40. The molecule has 1 aliphatic rings. The van der Waals surface area contributed by atoms with Gasteiger partial charge in [-0.2, -0.15) is 5.26 Å². The van der Waals surface area contributed by atoms with Crippen LogP contribution in [-0.4, -0.2) is 29.9 Å². The van der Waals surface area contributed by atoms with Crippen LogP contribution < -0.4 is 14.2 Å². The summed E-state index contributed by atoms with van der Waals surface area (Å²) in [6.45, 7) is 0.973. The molecule has 0 atom stereocenters. The summed E-state index contributed by atoms with van der Waals surface area (Å²) >= 11 is 0. The molecule has 0 unspecified atom stereocenters. The van der Waals surface area contributed by atoms with Crippen molar-refractivity contribution < 1.29 is 14.2 Å². The number of hydrogen-bond donors (Lipinski definition) is 0. The quantitative estimate of drug-likeness (QED) is 0.679. The Morgan fingerprint density at radius 2 is 2.08 bits per heavy atom. The van der Waals surface area contributed by atoms with Gasteiger partial charge in [0.2, 0.25) is 5.75 Å². The maximum atomic E-state index is 9.70. The predicted octanol–water partition coefficient (Wildman–Crippen LogP) is 3.42. The number of allylic oxidation sites excluding steroid dienone is 1. The zero-order valence-electron chi connectivity index (χ0n) is 14.5. The second kappa shape index (κ2) is 6.45. The molecular weight excluding hydrogens is 330 g/mol. The molecule has 0 bridgehead atoms. The number of rotatable bonds is 3. The van der Waals surface area contributed by atoms with Crippen LogP contribution in [0.2, 0.25) is 0 Å². The van der Waals surface area contributed by atoms with Gasteiger partial charge in [0.15, 0.2) is 17.3 Å². The monoisotopic (exact) mass is 347 g/mol. The fourth-order valence-electron chi connectivity index (χ4n) is 3.08. The van der Waals surface area contributed by atoms with Crippen LogP contribution in [0.15, 0.2) is 36.4 Å². The second-order valence-electron chi connectivity index (χ2n) is 5.90. The highest BCUT2D eigenvalue weighted by atomic mass is 16.6. The predicted molar refractivity (Wildman–Crippen MR) is 98.2 cm³/mol. The van der Waals surface area contributed by atoms with Gasteiger partial charge in [0, 0.05) is 7.05 Å². The third-order valence-electron chi connectivity index (χ3n) is 4.31. The summed E-state index contributed by atoms with van der Waals surface area (Å²) in [6, 6.07) is 13.7. The molecular formula is C20H17N3O3. The van der Waals surface area contributed by atoms with Gasteiger partial charge < -0.3 is 18.8 Å². The Balaban J connectivity index is 1.83. The van der Waals surface area contributed by atoms with E-state index in [4.69, 9.17) is 14.2 Å². The summed E-state index contributed by atoms with van der Waals surface area (Å²) in [4.78, 5) is 4.59. The first-order valence-electron chi connectivity index (χ1n) is 8.22. The third kappa shape index (κ3) is 2.64. The van der Waals surface area contributed by atoms with Gasteiger partial charge in [0.25, 0.3) is 0 Å². The number of para-hydroxylation sites is 2. The lowest BCUT2D eigenvalue weighted by Crippen LogP contribution is -2.16. The molecule has 0 saturated heterocycles. The topological polar surface area (TPSA) is 69.3 Å². The molecule has 1 aliphatic heterocycles. The van der Waals surface area contributed by atoms with Gasteiger partial charge in [-0.25, -0.2) is 4.98 Å². The van der Waals surface area contributed by atoms with E-state index in [0.717, 1.165) is 16.6 Å². The number of fused-ring (bicyclic) bond motifs is 2. The molecule has 0 saturated carbocycles. The molecule has 0 aliphatic carbocycles. The van der Waals surface area contributed by atoms with Crippen LogP contribution >= 0.6 is 0 Å². The summed E-state index contributed by atoms with van der Waals surface area (Å²) < 4.78 is 18.6. The van der Waals surface area contributed by atoms with E-state index in [1.54, 1.807) is 13.2 Å². The fraction of sp³-hybridized carbons (Fsp3) is 0.200. The SMILES string of the molecule is COc1cc(/C=C(/C#N)c2nc3ccccc3n2C)cc2c1OCCO2. The summed E-state index contributed by atoms with van der Waals surface area (Å²) in [5, 5.41) is 9.70. The van der Waals surface area contributed by atoms with Gasteiger partial charge in [-0.15, -0.1) is 0 Å². The van der Waals surface area contributed by atoms with Crippen LogP contribution in [0.5, 0.6) is 17.2 Å².